The quantitative estimate of drug-likeness (QED) is 0.789. The van der Waals surface area contributed by atoms with E-state index in [4.69, 9.17) is 5.11 Å². The van der Waals surface area contributed by atoms with Crippen LogP contribution in [0.3, 0.4) is 0 Å². The molecular formula is C14H18NO4S-. The van der Waals surface area contributed by atoms with E-state index in [0.29, 0.717) is 17.7 Å². The van der Waals surface area contributed by atoms with Crippen LogP contribution in [0.2, 0.25) is 0 Å². The van der Waals surface area contributed by atoms with Gasteiger partial charge in [0, 0.05) is 17.7 Å². The zero-order chi connectivity index (χ0) is 15.3. The van der Waals surface area contributed by atoms with Crippen LogP contribution in [0.4, 0.5) is 0 Å². The number of rotatable bonds is 5. The van der Waals surface area contributed by atoms with Crippen LogP contribution in [0, 0.1) is 0 Å². The maximum Gasteiger partial charge on any atom is 0.303 e. The molecule has 1 unspecified atom stereocenters. The van der Waals surface area contributed by atoms with Crippen molar-refractivity contribution in [2.45, 2.75) is 32.7 Å². The molecule has 0 amide bonds. The van der Waals surface area contributed by atoms with Gasteiger partial charge in [-0.25, -0.2) is 0 Å². The first kappa shape index (κ1) is 16.4. The lowest BCUT2D eigenvalue weighted by molar-refractivity contribution is -0.136. The SMILES string of the molecule is C=C/C=C1/C=C(CCC(=O)O)[C@@H](C)N(S(=O)[O-])/C1=C/C. The van der Waals surface area contributed by atoms with Crippen LogP contribution < -0.4 is 0 Å². The second-order valence-corrected chi connectivity index (χ2v) is 5.19. The maximum absolute atomic E-state index is 11.5. The maximum atomic E-state index is 11.5. The molecule has 0 aliphatic carbocycles. The fourth-order valence-electron chi connectivity index (χ4n) is 2.18. The largest absolute Gasteiger partial charge is 0.755 e. The fraction of sp³-hybridized carbons (Fsp3) is 0.357. The molecule has 0 saturated carbocycles. The first-order chi connectivity index (χ1) is 9.42. The summed E-state index contributed by atoms with van der Waals surface area (Å²) >= 11 is -2.42. The number of aliphatic carboxylic acids is 1. The van der Waals surface area contributed by atoms with E-state index in [9.17, 15) is 13.6 Å². The van der Waals surface area contributed by atoms with Gasteiger partial charge in [0.15, 0.2) is 0 Å². The summed E-state index contributed by atoms with van der Waals surface area (Å²) in [5.74, 6) is -0.904. The fourth-order valence-corrected chi connectivity index (χ4v) is 2.94. The molecular weight excluding hydrogens is 278 g/mol. The number of allylic oxidation sites excluding steroid dienone is 4. The number of hydrogen-bond acceptors (Lipinski definition) is 3. The average molecular weight is 296 g/mol. The Kier molecular flexibility index (Phi) is 5.91. The van der Waals surface area contributed by atoms with E-state index in [1.165, 1.54) is 4.31 Å². The second kappa shape index (κ2) is 7.21. The monoisotopic (exact) mass is 296 g/mol. The van der Waals surface area contributed by atoms with Crippen molar-refractivity contribution in [2.75, 3.05) is 0 Å². The van der Waals surface area contributed by atoms with Crippen molar-refractivity contribution in [1.82, 2.24) is 4.31 Å². The summed E-state index contributed by atoms with van der Waals surface area (Å²) in [6.45, 7) is 7.12. The molecule has 20 heavy (non-hydrogen) atoms. The smallest absolute Gasteiger partial charge is 0.303 e. The molecule has 0 fully saturated rings. The van der Waals surface area contributed by atoms with Gasteiger partial charge >= 0.3 is 5.97 Å². The third-order valence-electron chi connectivity index (χ3n) is 3.12. The summed E-state index contributed by atoms with van der Waals surface area (Å²) in [5.41, 5.74) is 2.06. The van der Waals surface area contributed by atoms with Gasteiger partial charge in [-0.05, 0) is 31.4 Å². The van der Waals surface area contributed by atoms with Crippen molar-refractivity contribution in [2.24, 2.45) is 0 Å². The van der Waals surface area contributed by atoms with Crippen molar-refractivity contribution < 1.29 is 18.7 Å². The Morgan fingerprint density at radius 2 is 2.30 bits per heavy atom. The van der Waals surface area contributed by atoms with E-state index >= 15 is 0 Å². The molecule has 0 saturated heterocycles. The second-order valence-electron chi connectivity index (χ2n) is 4.36. The molecule has 6 heteroatoms. The normalized spacial score (nSPS) is 24.6. The Hall–Kier alpha value is -1.66. The van der Waals surface area contributed by atoms with E-state index in [-0.39, 0.29) is 12.5 Å². The number of hydrogen-bond donors (Lipinski definition) is 1. The van der Waals surface area contributed by atoms with Crippen molar-refractivity contribution in [3.05, 3.63) is 47.7 Å². The minimum absolute atomic E-state index is 0.0257. The van der Waals surface area contributed by atoms with Gasteiger partial charge in [0.2, 0.25) is 0 Å². The Balaban J connectivity index is 3.24. The third-order valence-corrected chi connectivity index (χ3v) is 3.96. The molecule has 0 aromatic rings. The van der Waals surface area contributed by atoms with E-state index in [2.05, 4.69) is 6.58 Å². The minimum atomic E-state index is -2.42. The first-order valence-corrected chi connectivity index (χ1v) is 7.25. The Labute approximate surface area is 121 Å². The van der Waals surface area contributed by atoms with Crippen molar-refractivity contribution in [3.63, 3.8) is 0 Å². The summed E-state index contributed by atoms with van der Waals surface area (Å²) in [7, 11) is 0. The van der Waals surface area contributed by atoms with Gasteiger partial charge in [-0.1, -0.05) is 30.9 Å². The van der Waals surface area contributed by atoms with Crippen LogP contribution in [0.25, 0.3) is 0 Å². The number of carboxylic acids is 1. The number of carbonyl (C=O) groups is 1. The third kappa shape index (κ3) is 3.68. The molecule has 110 valence electrons. The van der Waals surface area contributed by atoms with Crippen molar-refractivity contribution in [1.29, 1.82) is 0 Å². The average Bonchev–Trinajstić information content (AvgIpc) is 2.37. The lowest BCUT2D eigenvalue weighted by atomic mass is 9.94. The lowest BCUT2D eigenvalue weighted by Crippen LogP contribution is -2.38. The molecule has 1 N–H and O–H groups in total. The minimum Gasteiger partial charge on any atom is -0.755 e. The molecule has 5 nitrogen and oxygen atoms in total. The van der Waals surface area contributed by atoms with Crippen LogP contribution in [0.5, 0.6) is 0 Å². The molecule has 0 spiro atoms. The van der Waals surface area contributed by atoms with E-state index in [0.717, 1.165) is 5.57 Å². The summed E-state index contributed by atoms with van der Waals surface area (Å²) in [4.78, 5) is 10.7. The molecule has 2 atom stereocenters. The molecule has 1 heterocycles. The van der Waals surface area contributed by atoms with Crippen LogP contribution in [0.15, 0.2) is 47.7 Å². The predicted molar refractivity (Wildman–Crippen MR) is 77.2 cm³/mol. The molecule has 0 aromatic heterocycles. The zero-order valence-corrected chi connectivity index (χ0v) is 12.4. The van der Waals surface area contributed by atoms with Gasteiger partial charge in [-0.15, -0.1) is 0 Å². The van der Waals surface area contributed by atoms with E-state index < -0.39 is 17.2 Å². The molecule has 1 aliphatic heterocycles. The Morgan fingerprint density at radius 3 is 2.75 bits per heavy atom. The van der Waals surface area contributed by atoms with Crippen LogP contribution in [-0.2, 0) is 16.1 Å². The highest BCUT2D eigenvalue weighted by Gasteiger charge is 2.27. The molecule has 0 bridgehead atoms. The Morgan fingerprint density at radius 1 is 1.65 bits per heavy atom. The summed E-state index contributed by atoms with van der Waals surface area (Å²) in [5, 5.41) is 8.77. The Bertz CT molecular complexity index is 519. The highest BCUT2D eigenvalue weighted by molar-refractivity contribution is 7.76. The van der Waals surface area contributed by atoms with Gasteiger partial charge in [-0.3, -0.25) is 13.3 Å². The molecule has 1 rings (SSSR count). The molecule has 1 aliphatic rings. The first-order valence-electron chi connectivity index (χ1n) is 6.22. The van der Waals surface area contributed by atoms with Gasteiger partial charge in [0.05, 0.1) is 11.7 Å². The molecule has 0 aromatic carbocycles. The van der Waals surface area contributed by atoms with Crippen molar-refractivity contribution in [3.8, 4) is 0 Å². The van der Waals surface area contributed by atoms with Gasteiger partial charge in [-0.2, -0.15) is 0 Å². The van der Waals surface area contributed by atoms with Crippen LogP contribution in [-0.4, -0.2) is 30.2 Å². The van der Waals surface area contributed by atoms with Crippen LogP contribution >= 0.6 is 0 Å². The predicted octanol–water partition coefficient (Wildman–Crippen LogP) is 2.29. The summed E-state index contributed by atoms with van der Waals surface area (Å²) < 4.78 is 24.2. The topological polar surface area (TPSA) is 80.7 Å². The molecule has 0 radical (unpaired) electrons. The zero-order valence-electron chi connectivity index (χ0n) is 11.5. The number of carboxylic acid groups (broad SMARTS) is 1. The van der Waals surface area contributed by atoms with Gasteiger partial charge in [0.25, 0.3) is 0 Å². The van der Waals surface area contributed by atoms with Gasteiger partial charge < -0.3 is 9.66 Å². The summed E-state index contributed by atoms with van der Waals surface area (Å²) in [6, 6.07) is -0.388. The standard InChI is InChI=1S/C14H19NO4S/c1-4-6-12-9-11(7-8-14(16)17)10(3)15(20(18)19)13(12)5-2/h4-6,9-10H,1,7-8H2,2-3H3,(H,16,17)(H,18,19)/p-1/b12-6-,13-5+/t10-/m1/s1. The van der Waals surface area contributed by atoms with E-state index in [1.54, 1.807) is 32.1 Å². The number of nitrogens with zero attached hydrogens (tertiary/aromatic N) is 1. The van der Waals surface area contributed by atoms with Crippen LogP contribution in [0.1, 0.15) is 26.7 Å². The lowest BCUT2D eigenvalue weighted by Gasteiger charge is -2.39. The summed E-state index contributed by atoms with van der Waals surface area (Å²) in [6.07, 6.45) is 7.13. The van der Waals surface area contributed by atoms with Gasteiger partial charge in [0.1, 0.15) is 0 Å². The van der Waals surface area contributed by atoms with Crippen molar-refractivity contribution >= 4 is 17.2 Å². The highest BCUT2D eigenvalue weighted by Crippen LogP contribution is 2.32. The van der Waals surface area contributed by atoms with E-state index in [1.807, 2.05) is 6.08 Å². The highest BCUT2D eigenvalue weighted by atomic mass is 32.2.